The number of sulfone groups is 1. The van der Waals surface area contributed by atoms with Crippen LogP contribution in [-0.2, 0) is 14.6 Å². The predicted molar refractivity (Wildman–Crippen MR) is 67.7 cm³/mol. The second kappa shape index (κ2) is 3.81. The molecule has 2 saturated heterocycles. The molecule has 0 aromatic carbocycles. The summed E-state index contributed by atoms with van der Waals surface area (Å²) in [5.41, 5.74) is 0. The Hall–Kier alpha value is -0.390. The zero-order valence-corrected chi connectivity index (χ0v) is 11.2. The largest absolute Gasteiger partial charge is 0.360 e. The van der Waals surface area contributed by atoms with E-state index >= 15 is 0 Å². The first-order valence-electron chi connectivity index (χ1n) is 6.85. The fourth-order valence-corrected chi connectivity index (χ4v) is 6.08. The fourth-order valence-electron chi connectivity index (χ4n) is 4.18. The molecule has 4 rings (SSSR count). The molecule has 2 aliphatic heterocycles. The van der Waals surface area contributed by atoms with Crippen molar-refractivity contribution in [2.45, 2.75) is 25.0 Å². The lowest BCUT2D eigenvalue weighted by Gasteiger charge is -2.27. The summed E-state index contributed by atoms with van der Waals surface area (Å²) in [4.78, 5) is 2.27. The van der Waals surface area contributed by atoms with Crippen LogP contribution in [0.25, 0.3) is 0 Å². The van der Waals surface area contributed by atoms with Crippen molar-refractivity contribution in [3.05, 3.63) is 12.2 Å². The van der Waals surface area contributed by atoms with Crippen LogP contribution in [-0.4, -0.2) is 50.2 Å². The molecule has 18 heavy (non-hydrogen) atoms. The molecular formula is C13H19NO3S. The molecule has 2 bridgehead atoms. The molecule has 5 atom stereocenters. The smallest absolute Gasteiger partial charge is 0.154 e. The maximum atomic E-state index is 11.6. The molecule has 0 spiro atoms. The van der Waals surface area contributed by atoms with E-state index in [0.717, 1.165) is 18.4 Å². The molecule has 0 radical (unpaired) electrons. The van der Waals surface area contributed by atoms with Gasteiger partial charge in [0, 0.05) is 6.54 Å². The van der Waals surface area contributed by atoms with Gasteiger partial charge in [0.2, 0.25) is 0 Å². The number of allylic oxidation sites excluding steroid dienone is 2. The first-order chi connectivity index (χ1) is 8.61. The summed E-state index contributed by atoms with van der Waals surface area (Å²) in [5.74, 6) is 2.75. The molecule has 5 unspecified atom stereocenters. The average Bonchev–Trinajstić information content (AvgIpc) is 3.00. The number of hydrogen-bond acceptors (Lipinski definition) is 4. The second-order valence-corrected chi connectivity index (χ2v) is 8.44. The van der Waals surface area contributed by atoms with E-state index in [-0.39, 0.29) is 17.9 Å². The predicted octanol–water partition coefficient (Wildman–Crippen LogP) is 0.654. The van der Waals surface area contributed by atoms with Crippen molar-refractivity contribution in [1.82, 2.24) is 4.90 Å². The summed E-state index contributed by atoms with van der Waals surface area (Å²) in [5, 5.41) is 0. The first kappa shape index (κ1) is 11.4. The zero-order valence-electron chi connectivity index (χ0n) is 10.4. The second-order valence-electron chi connectivity index (χ2n) is 6.29. The molecule has 2 heterocycles. The molecule has 0 aromatic rings. The minimum absolute atomic E-state index is 0.0656. The standard InChI is InChI=1S/C13H19NO3S/c15-18(16)6-12-13(7-18)17-8-14(12)5-11-4-9-1-2-10(11)3-9/h1-2,9-13H,3-8H2. The fraction of sp³-hybridized carbons (Fsp3) is 0.846. The Bertz CT molecular complexity index is 486. The van der Waals surface area contributed by atoms with E-state index in [2.05, 4.69) is 17.1 Å². The van der Waals surface area contributed by atoms with Crippen molar-refractivity contribution in [1.29, 1.82) is 0 Å². The number of rotatable bonds is 2. The molecule has 5 heteroatoms. The average molecular weight is 269 g/mol. The molecular weight excluding hydrogens is 250 g/mol. The Balaban J connectivity index is 1.46. The van der Waals surface area contributed by atoms with E-state index in [1.165, 1.54) is 12.8 Å². The van der Waals surface area contributed by atoms with Crippen LogP contribution in [0.15, 0.2) is 12.2 Å². The molecule has 4 aliphatic rings. The summed E-state index contributed by atoms with van der Waals surface area (Å²) >= 11 is 0. The zero-order chi connectivity index (χ0) is 12.3. The van der Waals surface area contributed by atoms with Gasteiger partial charge in [0.15, 0.2) is 9.84 Å². The van der Waals surface area contributed by atoms with Crippen LogP contribution in [0, 0.1) is 17.8 Å². The van der Waals surface area contributed by atoms with E-state index in [9.17, 15) is 8.42 Å². The third kappa shape index (κ3) is 1.75. The van der Waals surface area contributed by atoms with Gasteiger partial charge in [-0.05, 0) is 30.6 Å². The van der Waals surface area contributed by atoms with Gasteiger partial charge in [-0.25, -0.2) is 8.42 Å². The summed E-state index contributed by atoms with van der Waals surface area (Å²) in [6.45, 7) is 1.64. The first-order valence-corrected chi connectivity index (χ1v) is 8.67. The van der Waals surface area contributed by atoms with Gasteiger partial charge in [-0.2, -0.15) is 0 Å². The van der Waals surface area contributed by atoms with E-state index in [0.29, 0.717) is 18.4 Å². The van der Waals surface area contributed by atoms with Crippen molar-refractivity contribution < 1.29 is 13.2 Å². The van der Waals surface area contributed by atoms with Gasteiger partial charge in [-0.1, -0.05) is 12.2 Å². The SMILES string of the molecule is O=S1(=O)CC2OCN(CC3CC4C=CC3C4)C2C1. The maximum Gasteiger partial charge on any atom is 0.154 e. The highest BCUT2D eigenvalue weighted by Crippen LogP contribution is 2.44. The molecule has 2 aliphatic carbocycles. The van der Waals surface area contributed by atoms with Gasteiger partial charge < -0.3 is 4.74 Å². The van der Waals surface area contributed by atoms with Gasteiger partial charge in [0.25, 0.3) is 0 Å². The van der Waals surface area contributed by atoms with Crippen molar-refractivity contribution in [2.24, 2.45) is 17.8 Å². The quantitative estimate of drug-likeness (QED) is 0.691. The van der Waals surface area contributed by atoms with Crippen LogP contribution in [0.3, 0.4) is 0 Å². The van der Waals surface area contributed by atoms with Crippen LogP contribution in [0.2, 0.25) is 0 Å². The highest BCUT2D eigenvalue weighted by Gasteiger charge is 2.47. The van der Waals surface area contributed by atoms with Gasteiger partial charge in [0.05, 0.1) is 30.4 Å². The summed E-state index contributed by atoms with van der Waals surface area (Å²) in [6, 6.07) is 0.123. The molecule has 100 valence electrons. The molecule has 4 nitrogen and oxygen atoms in total. The third-order valence-corrected chi connectivity index (χ3v) is 6.77. The molecule has 1 saturated carbocycles. The molecule has 0 N–H and O–H groups in total. The normalized spacial score (nSPS) is 49.0. The topological polar surface area (TPSA) is 46.6 Å². The maximum absolute atomic E-state index is 11.6. The highest BCUT2D eigenvalue weighted by atomic mass is 32.2. The summed E-state index contributed by atoms with van der Waals surface area (Å²) < 4.78 is 28.9. The van der Waals surface area contributed by atoms with Crippen molar-refractivity contribution in [2.75, 3.05) is 24.8 Å². The van der Waals surface area contributed by atoms with Crippen LogP contribution in [0.5, 0.6) is 0 Å². The summed E-state index contributed by atoms with van der Waals surface area (Å²) in [7, 11) is -2.86. The van der Waals surface area contributed by atoms with Gasteiger partial charge in [-0.3, -0.25) is 4.90 Å². The number of fused-ring (bicyclic) bond motifs is 3. The molecule has 3 fully saturated rings. The Morgan fingerprint density at radius 3 is 2.83 bits per heavy atom. The highest BCUT2D eigenvalue weighted by molar-refractivity contribution is 7.91. The lowest BCUT2D eigenvalue weighted by Crippen LogP contribution is -2.39. The summed E-state index contributed by atoms with van der Waals surface area (Å²) in [6.07, 6.45) is 7.24. The Kier molecular flexibility index (Phi) is 2.42. The van der Waals surface area contributed by atoms with Crippen molar-refractivity contribution in [3.8, 4) is 0 Å². The van der Waals surface area contributed by atoms with E-state index in [4.69, 9.17) is 4.74 Å². The molecule has 0 aromatic heterocycles. The lowest BCUT2D eigenvalue weighted by molar-refractivity contribution is 0.0934. The lowest BCUT2D eigenvalue weighted by atomic mass is 9.93. The number of hydrogen-bond donors (Lipinski definition) is 0. The minimum atomic E-state index is -2.86. The Morgan fingerprint density at radius 1 is 1.22 bits per heavy atom. The van der Waals surface area contributed by atoms with Crippen LogP contribution in [0.4, 0.5) is 0 Å². The minimum Gasteiger partial charge on any atom is -0.360 e. The third-order valence-electron chi connectivity index (χ3n) is 5.08. The van der Waals surface area contributed by atoms with E-state index in [1.807, 2.05) is 0 Å². The van der Waals surface area contributed by atoms with Crippen molar-refractivity contribution >= 4 is 9.84 Å². The van der Waals surface area contributed by atoms with Crippen LogP contribution >= 0.6 is 0 Å². The van der Waals surface area contributed by atoms with Gasteiger partial charge in [0.1, 0.15) is 0 Å². The van der Waals surface area contributed by atoms with Crippen LogP contribution < -0.4 is 0 Å². The van der Waals surface area contributed by atoms with Gasteiger partial charge >= 0.3 is 0 Å². The van der Waals surface area contributed by atoms with E-state index < -0.39 is 9.84 Å². The van der Waals surface area contributed by atoms with Gasteiger partial charge in [-0.15, -0.1) is 0 Å². The monoisotopic (exact) mass is 269 g/mol. The van der Waals surface area contributed by atoms with E-state index in [1.54, 1.807) is 0 Å². The number of nitrogens with zero attached hydrogens (tertiary/aromatic N) is 1. The molecule has 0 amide bonds. The number of ether oxygens (including phenoxy) is 1. The van der Waals surface area contributed by atoms with Crippen molar-refractivity contribution in [3.63, 3.8) is 0 Å². The Morgan fingerprint density at radius 2 is 2.11 bits per heavy atom. The Labute approximate surface area is 108 Å². The van der Waals surface area contributed by atoms with Crippen LogP contribution in [0.1, 0.15) is 12.8 Å².